The van der Waals surface area contributed by atoms with Crippen LogP contribution >= 0.6 is 0 Å². The first-order valence-corrected chi connectivity index (χ1v) is 4.61. The van der Waals surface area contributed by atoms with Crippen LogP contribution in [-0.2, 0) is 20.3 Å². The summed E-state index contributed by atoms with van der Waals surface area (Å²) in [5.74, 6) is 0.214. The second kappa shape index (κ2) is 5.41. The lowest BCUT2D eigenvalue weighted by molar-refractivity contribution is -0.137. The maximum absolute atomic E-state index is 10.8. The average molecular weight is 164 g/mol. The zero-order valence-corrected chi connectivity index (χ0v) is 7.07. The normalized spacial score (nSPS) is 12.6. The van der Waals surface area contributed by atoms with Crippen LogP contribution < -0.4 is 0 Å². The summed E-state index contributed by atoms with van der Waals surface area (Å²) in [7, 11) is 0.273. The third kappa shape index (κ3) is 4.49. The standard InChI is InChI=1S/C6H12O3S/c1-3-4-10(8)5-6(7)9-2/h3-5H2,1-2H3. The number of ether oxygens (including phenoxy) is 1. The molecule has 0 aromatic heterocycles. The molecule has 0 amide bonds. The molecule has 0 heterocycles. The second-order valence-corrected chi connectivity index (χ2v) is 3.44. The van der Waals surface area contributed by atoms with Gasteiger partial charge in [0.1, 0.15) is 5.75 Å². The fourth-order valence-electron chi connectivity index (χ4n) is 0.490. The maximum atomic E-state index is 10.8. The minimum absolute atomic E-state index is 0.0321. The Labute approximate surface area is 63.2 Å². The first-order valence-electron chi connectivity index (χ1n) is 3.12. The Balaban J connectivity index is 3.47. The molecule has 0 aromatic rings. The van der Waals surface area contributed by atoms with E-state index in [4.69, 9.17) is 0 Å². The number of methoxy groups -OCH3 is 1. The van der Waals surface area contributed by atoms with Gasteiger partial charge in [0.15, 0.2) is 0 Å². The van der Waals surface area contributed by atoms with E-state index in [9.17, 15) is 9.00 Å². The van der Waals surface area contributed by atoms with Crippen LogP contribution in [0.15, 0.2) is 0 Å². The van der Waals surface area contributed by atoms with Crippen LogP contribution in [0.3, 0.4) is 0 Å². The lowest BCUT2D eigenvalue weighted by atomic mass is 10.6. The van der Waals surface area contributed by atoms with Gasteiger partial charge in [-0.1, -0.05) is 6.92 Å². The summed E-state index contributed by atoms with van der Waals surface area (Å²) in [5, 5.41) is 0. The third-order valence-corrected chi connectivity index (χ3v) is 2.36. The fraction of sp³-hybridized carbons (Fsp3) is 0.833. The molecule has 0 aliphatic rings. The molecule has 0 aliphatic carbocycles. The van der Waals surface area contributed by atoms with Crippen molar-refractivity contribution in [3.05, 3.63) is 0 Å². The molecule has 0 N–H and O–H groups in total. The monoisotopic (exact) mass is 164 g/mol. The molecule has 1 atom stereocenters. The Hall–Kier alpha value is -0.380. The van der Waals surface area contributed by atoms with Gasteiger partial charge in [-0.25, -0.2) is 0 Å². The van der Waals surface area contributed by atoms with Crippen LogP contribution in [0.4, 0.5) is 0 Å². The van der Waals surface area contributed by atoms with Crippen LogP contribution in [0.5, 0.6) is 0 Å². The Bertz CT molecular complexity index is 133. The van der Waals surface area contributed by atoms with Gasteiger partial charge < -0.3 is 4.74 Å². The maximum Gasteiger partial charge on any atom is 0.318 e. The Morgan fingerprint density at radius 1 is 1.60 bits per heavy atom. The van der Waals surface area contributed by atoms with Crippen molar-refractivity contribution in [1.29, 1.82) is 0 Å². The van der Waals surface area contributed by atoms with Gasteiger partial charge in [0, 0.05) is 16.6 Å². The Kier molecular flexibility index (Phi) is 5.20. The lowest BCUT2D eigenvalue weighted by Gasteiger charge is -1.96. The molecule has 0 fully saturated rings. The zero-order chi connectivity index (χ0) is 7.98. The van der Waals surface area contributed by atoms with E-state index in [1.807, 2.05) is 6.92 Å². The molecule has 0 aromatic carbocycles. The second-order valence-electron chi connectivity index (χ2n) is 1.86. The van der Waals surface area contributed by atoms with Gasteiger partial charge in [-0.2, -0.15) is 0 Å². The summed E-state index contributed by atoms with van der Waals surface area (Å²) in [6.45, 7) is 1.93. The van der Waals surface area contributed by atoms with Gasteiger partial charge in [-0.15, -0.1) is 0 Å². The number of carbonyl (C=O) groups excluding carboxylic acids is 1. The predicted molar refractivity (Wildman–Crippen MR) is 40.2 cm³/mol. The summed E-state index contributed by atoms with van der Waals surface area (Å²) in [5.41, 5.74) is 0. The highest BCUT2D eigenvalue weighted by molar-refractivity contribution is 7.85. The molecule has 60 valence electrons. The fourth-order valence-corrected chi connectivity index (χ4v) is 1.47. The van der Waals surface area contributed by atoms with Crippen LogP contribution in [0.2, 0.25) is 0 Å². The molecule has 10 heavy (non-hydrogen) atoms. The largest absolute Gasteiger partial charge is 0.468 e. The summed E-state index contributed by atoms with van der Waals surface area (Å²) in [6.07, 6.45) is 0.837. The first kappa shape index (κ1) is 9.62. The topological polar surface area (TPSA) is 43.4 Å². The molecule has 0 saturated carbocycles. The van der Waals surface area contributed by atoms with Gasteiger partial charge in [0.05, 0.1) is 7.11 Å². The molecule has 0 radical (unpaired) electrons. The average Bonchev–Trinajstić information content (AvgIpc) is 1.88. The number of rotatable bonds is 4. The van der Waals surface area contributed by atoms with Crippen LogP contribution in [0.1, 0.15) is 13.3 Å². The molecular weight excluding hydrogens is 152 g/mol. The molecule has 4 heteroatoms. The van der Waals surface area contributed by atoms with E-state index in [2.05, 4.69) is 4.74 Å². The quantitative estimate of drug-likeness (QED) is 0.562. The smallest absolute Gasteiger partial charge is 0.318 e. The van der Waals surface area contributed by atoms with Crippen molar-refractivity contribution in [3.8, 4) is 0 Å². The molecule has 0 rings (SSSR count). The SMILES string of the molecule is CCCS(=O)CC(=O)OC. The molecule has 0 spiro atoms. The van der Waals surface area contributed by atoms with E-state index < -0.39 is 16.8 Å². The van der Waals surface area contributed by atoms with Gasteiger partial charge in [-0.05, 0) is 6.42 Å². The molecule has 0 aliphatic heterocycles. The summed E-state index contributed by atoms with van der Waals surface area (Å²) >= 11 is 0. The minimum Gasteiger partial charge on any atom is -0.468 e. The molecule has 3 nitrogen and oxygen atoms in total. The lowest BCUT2D eigenvalue weighted by Crippen LogP contribution is -2.13. The minimum atomic E-state index is -1.02. The molecular formula is C6H12O3S. The highest BCUT2D eigenvalue weighted by Crippen LogP contribution is 1.87. The van der Waals surface area contributed by atoms with Crippen LogP contribution in [-0.4, -0.2) is 28.8 Å². The van der Waals surface area contributed by atoms with Crippen LogP contribution in [0.25, 0.3) is 0 Å². The van der Waals surface area contributed by atoms with Gasteiger partial charge in [-0.3, -0.25) is 9.00 Å². The zero-order valence-electron chi connectivity index (χ0n) is 6.25. The number of hydrogen-bond acceptors (Lipinski definition) is 3. The Morgan fingerprint density at radius 2 is 2.20 bits per heavy atom. The van der Waals surface area contributed by atoms with E-state index >= 15 is 0 Å². The van der Waals surface area contributed by atoms with E-state index in [0.29, 0.717) is 5.75 Å². The van der Waals surface area contributed by atoms with E-state index in [-0.39, 0.29) is 5.75 Å². The van der Waals surface area contributed by atoms with Crippen molar-refractivity contribution in [2.75, 3.05) is 18.6 Å². The molecule has 1 unspecified atom stereocenters. The van der Waals surface area contributed by atoms with Crippen molar-refractivity contribution in [3.63, 3.8) is 0 Å². The first-order chi connectivity index (χ1) is 4.70. The van der Waals surface area contributed by atoms with Crippen molar-refractivity contribution in [2.24, 2.45) is 0 Å². The van der Waals surface area contributed by atoms with E-state index in [0.717, 1.165) is 6.42 Å². The molecule has 0 bridgehead atoms. The third-order valence-electron chi connectivity index (χ3n) is 0.938. The van der Waals surface area contributed by atoms with Crippen molar-refractivity contribution in [1.82, 2.24) is 0 Å². The van der Waals surface area contributed by atoms with E-state index in [1.54, 1.807) is 0 Å². The van der Waals surface area contributed by atoms with Gasteiger partial charge >= 0.3 is 5.97 Å². The van der Waals surface area contributed by atoms with Crippen molar-refractivity contribution >= 4 is 16.8 Å². The highest BCUT2D eigenvalue weighted by Gasteiger charge is 2.05. The predicted octanol–water partition coefficient (Wildman–Crippen LogP) is 0.318. The van der Waals surface area contributed by atoms with Crippen LogP contribution in [0, 0.1) is 0 Å². The summed E-state index contributed by atoms with van der Waals surface area (Å²) in [4.78, 5) is 10.5. The van der Waals surface area contributed by atoms with Gasteiger partial charge in [0.2, 0.25) is 0 Å². The number of esters is 1. The van der Waals surface area contributed by atoms with Gasteiger partial charge in [0.25, 0.3) is 0 Å². The summed E-state index contributed by atoms with van der Waals surface area (Å²) in [6, 6.07) is 0. The number of hydrogen-bond donors (Lipinski definition) is 0. The van der Waals surface area contributed by atoms with Crippen molar-refractivity contribution in [2.45, 2.75) is 13.3 Å². The molecule has 0 saturated heterocycles. The number of carbonyl (C=O) groups is 1. The highest BCUT2D eigenvalue weighted by atomic mass is 32.2. The summed E-state index contributed by atoms with van der Waals surface area (Å²) < 4.78 is 15.2. The van der Waals surface area contributed by atoms with E-state index in [1.165, 1.54) is 7.11 Å². The van der Waals surface area contributed by atoms with Crippen molar-refractivity contribution < 1.29 is 13.7 Å². The Morgan fingerprint density at radius 3 is 2.60 bits per heavy atom.